The zero-order valence-electron chi connectivity index (χ0n) is 15.5. The van der Waals surface area contributed by atoms with Crippen LogP contribution in [0.15, 0.2) is 82.3 Å². The Kier molecular flexibility index (Phi) is 7.26. The van der Waals surface area contributed by atoms with Gasteiger partial charge in [-0.25, -0.2) is 0 Å². The Hall–Kier alpha value is -2.67. The van der Waals surface area contributed by atoms with Crippen LogP contribution in [-0.2, 0) is 4.79 Å². The number of nitrogens with two attached hydrogens (primary N) is 1. The fraction of sp³-hybridized carbons (Fsp3) is 0.0455. The first-order valence-electron chi connectivity index (χ1n) is 8.80. The van der Waals surface area contributed by atoms with Crippen molar-refractivity contribution < 1.29 is 9.59 Å². The smallest absolute Gasteiger partial charge is 0.274 e. The SMILES string of the molecule is NC(=NC(=O)C(NC(=O)c1ccc(Cl)c(Br)c1)c1cccc(Cl)c1)c1ccccc1. The molecule has 3 aromatic carbocycles. The van der Waals surface area contributed by atoms with Crippen molar-refractivity contribution in [2.45, 2.75) is 6.04 Å². The fourth-order valence-electron chi connectivity index (χ4n) is 2.68. The van der Waals surface area contributed by atoms with Gasteiger partial charge in [-0.05, 0) is 51.8 Å². The van der Waals surface area contributed by atoms with Crippen molar-refractivity contribution in [2.75, 3.05) is 0 Å². The van der Waals surface area contributed by atoms with Crippen molar-refractivity contribution >= 4 is 56.8 Å². The van der Waals surface area contributed by atoms with E-state index in [0.29, 0.717) is 31.2 Å². The molecule has 152 valence electrons. The van der Waals surface area contributed by atoms with E-state index < -0.39 is 17.9 Å². The van der Waals surface area contributed by atoms with Gasteiger partial charge in [-0.1, -0.05) is 65.7 Å². The highest BCUT2D eigenvalue weighted by atomic mass is 79.9. The van der Waals surface area contributed by atoms with E-state index in [0.717, 1.165) is 0 Å². The van der Waals surface area contributed by atoms with Gasteiger partial charge in [0.25, 0.3) is 11.8 Å². The molecule has 3 rings (SSSR count). The molecule has 0 aliphatic heterocycles. The molecule has 1 unspecified atom stereocenters. The second kappa shape index (κ2) is 9.89. The van der Waals surface area contributed by atoms with Crippen LogP contribution in [0.25, 0.3) is 0 Å². The molecule has 8 heteroatoms. The monoisotopic (exact) mass is 503 g/mol. The quantitative estimate of drug-likeness (QED) is 0.371. The lowest BCUT2D eigenvalue weighted by Gasteiger charge is -2.17. The summed E-state index contributed by atoms with van der Waals surface area (Å²) in [6.07, 6.45) is 0. The number of carbonyl (C=O) groups excluding carboxylic acids is 2. The maximum Gasteiger partial charge on any atom is 0.274 e. The summed E-state index contributed by atoms with van der Waals surface area (Å²) in [5.41, 5.74) is 7.40. The van der Waals surface area contributed by atoms with Gasteiger partial charge >= 0.3 is 0 Å². The maximum atomic E-state index is 13.0. The normalized spacial score (nSPS) is 12.3. The first-order valence-corrected chi connectivity index (χ1v) is 10.3. The molecule has 3 N–H and O–H groups in total. The van der Waals surface area contributed by atoms with Gasteiger partial charge in [-0.15, -0.1) is 0 Å². The number of nitrogens with zero attached hydrogens (tertiary/aromatic N) is 1. The van der Waals surface area contributed by atoms with E-state index in [2.05, 4.69) is 26.2 Å². The van der Waals surface area contributed by atoms with E-state index in [1.807, 2.05) is 6.07 Å². The largest absolute Gasteiger partial charge is 0.383 e. The van der Waals surface area contributed by atoms with Crippen molar-refractivity contribution in [3.63, 3.8) is 0 Å². The van der Waals surface area contributed by atoms with E-state index in [1.165, 1.54) is 0 Å². The third kappa shape index (κ3) is 5.48. The Morgan fingerprint density at radius 3 is 2.33 bits per heavy atom. The van der Waals surface area contributed by atoms with Crippen LogP contribution in [-0.4, -0.2) is 17.6 Å². The van der Waals surface area contributed by atoms with E-state index in [-0.39, 0.29) is 5.84 Å². The number of nitrogens with one attached hydrogen (secondary N) is 1. The van der Waals surface area contributed by atoms with Gasteiger partial charge in [0.1, 0.15) is 11.9 Å². The summed E-state index contributed by atoms with van der Waals surface area (Å²) in [6, 6.07) is 19.2. The average molecular weight is 505 g/mol. The fourth-order valence-corrected chi connectivity index (χ4v) is 3.38. The number of hydrogen-bond acceptors (Lipinski definition) is 2. The van der Waals surface area contributed by atoms with Crippen LogP contribution in [0.1, 0.15) is 27.5 Å². The van der Waals surface area contributed by atoms with Crippen LogP contribution < -0.4 is 11.1 Å². The highest BCUT2D eigenvalue weighted by Gasteiger charge is 2.24. The minimum Gasteiger partial charge on any atom is -0.383 e. The predicted molar refractivity (Wildman–Crippen MR) is 123 cm³/mol. The molecule has 0 aromatic heterocycles. The van der Waals surface area contributed by atoms with E-state index in [9.17, 15) is 9.59 Å². The van der Waals surface area contributed by atoms with Gasteiger partial charge in [0, 0.05) is 20.6 Å². The van der Waals surface area contributed by atoms with Gasteiger partial charge in [-0.2, -0.15) is 4.99 Å². The molecule has 3 aromatic rings. The van der Waals surface area contributed by atoms with Crippen molar-refractivity contribution in [1.29, 1.82) is 0 Å². The van der Waals surface area contributed by atoms with Crippen molar-refractivity contribution in [3.8, 4) is 0 Å². The molecule has 0 aliphatic rings. The molecule has 0 saturated carbocycles. The van der Waals surface area contributed by atoms with E-state index >= 15 is 0 Å². The van der Waals surface area contributed by atoms with E-state index in [1.54, 1.807) is 66.7 Å². The van der Waals surface area contributed by atoms with Crippen LogP contribution in [0.3, 0.4) is 0 Å². The molecule has 30 heavy (non-hydrogen) atoms. The maximum absolute atomic E-state index is 13.0. The molecule has 1 atom stereocenters. The summed E-state index contributed by atoms with van der Waals surface area (Å²) in [6.45, 7) is 0. The summed E-state index contributed by atoms with van der Waals surface area (Å²) < 4.78 is 0.564. The lowest BCUT2D eigenvalue weighted by Crippen LogP contribution is -2.34. The molecule has 2 amide bonds. The summed E-state index contributed by atoms with van der Waals surface area (Å²) in [4.78, 5) is 29.8. The van der Waals surface area contributed by atoms with Gasteiger partial charge < -0.3 is 11.1 Å². The van der Waals surface area contributed by atoms with Gasteiger partial charge in [0.05, 0.1) is 5.02 Å². The molecule has 0 heterocycles. The Morgan fingerprint density at radius 1 is 0.933 bits per heavy atom. The molecular weight excluding hydrogens is 489 g/mol. The molecule has 0 radical (unpaired) electrons. The summed E-state index contributed by atoms with van der Waals surface area (Å²) in [7, 11) is 0. The second-order valence-electron chi connectivity index (χ2n) is 6.29. The third-order valence-electron chi connectivity index (χ3n) is 4.19. The molecule has 0 aliphatic carbocycles. The standard InChI is InChI=1S/C22H16BrCl2N3O2/c23-17-12-15(9-10-18(17)25)21(29)27-19(14-7-4-8-16(24)11-14)22(30)28-20(26)13-5-2-1-3-6-13/h1-12,19H,(H,27,29)(H2,26,28,30). The Bertz CT molecular complexity index is 1120. The Morgan fingerprint density at radius 2 is 1.67 bits per heavy atom. The summed E-state index contributed by atoms with van der Waals surface area (Å²) in [5, 5.41) is 3.60. The molecule has 0 bridgehead atoms. The number of benzene rings is 3. The van der Waals surface area contributed by atoms with Crippen LogP contribution in [0.4, 0.5) is 0 Å². The minimum atomic E-state index is -1.08. The average Bonchev–Trinajstić information content (AvgIpc) is 2.74. The number of amidine groups is 1. The topological polar surface area (TPSA) is 84.5 Å². The first kappa shape index (κ1) is 22.0. The first-order chi connectivity index (χ1) is 14.3. The molecule has 0 spiro atoms. The van der Waals surface area contributed by atoms with Crippen molar-refractivity contribution in [3.05, 3.63) is 104 Å². The Balaban J connectivity index is 1.93. The number of carbonyl (C=O) groups is 2. The molecule has 0 fully saturated rings. The number of hydrogen-bond donors (Lipinski definition) is 2. The predicted octanol–water partition coefficient (Wildman–Crippen LogP) is 5.16. The minimum absolute atomic E-state index is 0.0520. The summed E-state index contributed by atoms with van der Waals surface area (Å²) in [5.74, 6) is -1.05. The van der Waals surface area contributed by atoms with Crippen molar-refractivity contribution in [1.82, 2.24) is 5.32 Å². The van der Waals surface area contributed by atoms with Crippen LogP contribution >= 0.6 is 39.1 Å². The zero-order valence-corrected chi connectivity index (χ0v) is 18.6. The van der Waals surface area contributed by atoms with Gasteiger partial charge in [0.15, 0.2) is 0 Å². The van der Waals surface area contributed by atoms with Crippen molar-refractivity contribution in [2.24, 2.45) is 10.7 Å². The van der Waals surface area contributed by atoms with Crippen LogP contribution in [0.2, 0.25) is 10.0 Å². The van der Waals surface area contributed by atoms with E-state index in [4.69, 9.17) is 28.9 Å². The van der Waals surface area contributed by atoms with Crippen LogP contribution in [0.5, 0.6) is 0 Å². The third-order valence-corrected chi connectivity index (χ3v) is 5.64. The Labute approximate surface area is 192 Å². The molecular formula is C22H16BrCl2N3O2. The van der Waals surface area contributed by atoms with Gasteiger partial charge in [-0.3, -0.25) is 9.59 Å². The number of rotatable bonds is 5. The lowest BCUT2D eigenvalue weighted by molar-refractivity contribution is -0.119. The van der Waals surface area contributed by atoms with Gasteiger partial charge in [0.2, 0.25) is 0 Å². The number of amides is 2. The lowest BCUT2D eigenvalue weighted by atomic mass is 10.1. The highest BCUT2D eigenvalue weighted by molar-refractivity contribution is 9.10. The second-order valence-corrected chi connectivity index (χ2v) is 7.99. The number of halogens is 3. The summed E-state index contributed by atoms with van der Waals surface area (Å²) >= 11 is 15.4. The zero-order chi connectivity index (χ0) is 21.7. The molecule has 5 nitrogen and oxygen atoms in total. The van der Waals surface area contributed by atoms with Crippen LogP contribution in [0, 0.1) is 0 Å². The molecule has 0 saturated heterocycles. The number of aliphatic imine (C=N–C) groups is 1. The highest BCUT2D eigenvalue weighted by Crippen LogP contribution is 2.24.